The molecule has 0 unspecified atom stereocenters. The van der Waals surface area contributed by atoms with E-state index in [1.807, 2.05) is 24.4 Å². The number of nitrogens with one attached hydrogen (secondary N) is 1. The van der Waals surface area contributed by atoms with Crippen LogP contribution in [-0.4, -0.2) is 29.6 Å². The molecule has 0 saturated heterocycles. The fourth-order valence-electron chi connectivity index (χ4n) is 3.89. The van der Waals surface area contributed by atoms with E-state index in [1.54, 1.807) is 6.07 Å². The van der Waals surface area contributed by atoms with Gasteiger partial charge in [-0.05, 0) is 48.9 Å². The van der Waals surface area contributed by atoms with Crippen molar-refractivity contribution in [2.45, 2.75) is 31.8 Å². The predicted molar refractivity (Wildman–Crippen MR) is 117 cm³/mol. The van der Waals surface area contributed by atoms with Crippen LogP contribution in [0.1, 0.15) is 30.9 Å². The van der Waals surface area contributed by atoms with Gasteiger partial charge in [-0.2, -0.15) is 8.42 Å². The largest absolute Gasteiger partial charge is 0.365 e. The van der Waals surface area contributed by atoms with Crippen LogP contribution in [0.2, 0.25) is 10.0 Å². The molecular weight excluding hydrogens is 449 g/mol. The second-order valence-corrected chi connectivity index (χ2v) is 9.43. The molecule has 0 radical (unpaired) electrons. The molecule has 1 aliphatic carbocycles. The van der Waals surface area contributed by atoms with Gasteiger partial charge in [0.15, 0.2) is 0 Å². The number of halogens is 2. The van der Waals surface area contributed by atoms with E-state index in [2.05, 4.69) is 19.9 Å². The summed E-state index contributed by atoms with van der Waals surface area (Å²) in [5, 5.41) is 10.2. The van der Waals surface area contributed by atoms with E-state index in [0.29, 0.717) is 16.6 Å². The van der Waals surface area contributed by atoms with Crippen molar-refractivity contribution in [1.29, 1.82) is 0 Å². The van der Waals surface area contributed by atoms with Gasteiger partial charge in [0.25, 0.3) is 0 Å². The third kappa shape index (κ3) is 4.87. The van der Waals surface area contributed by atoms with Gasteiger partial charge in [-0.1, -0.05) is 29.3 Å². The van der Waals surface area contributed by atoms with Gasteiger partial charge in [0.1, 0.15) is 17.8 Å². The Morgan fingerprint density at radius 2 is 2.03 bits per heavy atom. The van der Waals surface area contributed by atoms with Crippen LogP contribution < -0.4 is 10.5 Å². The van der Waals surface area contributed by atoms with Gasteiger partial charge in [-0.3, -0.25) is 4.18 Å². The summed E-state index contributed by atoms with van der Waals surface area (Å²) < 4.78 is 28.9. The first-order valence-corrected chi connectivity index (χ1v) is 11.7. The highest BCUT2D eigenvalue weighted by molar-refractivity contribution is 7.84. The maximum atomic E-state index is 11.0. The predicted octanol–water partition coefficient (Wildman–Crippen LogP) is 3.91. The molecule has 1 fully saturated rings. The minimum Gasteiger partial charge on any atom is -0.365 e. The normalized spacial score (nSPS) is 19.4. The standard InChI is InChI=1S/C19H21Cl2N5O3S/c20-16-4-2-12(8-17(16)21)9-23-18-15-5-6-26(19(15)25-11-24-18)14-3-1-13(7-14)10-29-30(22,27)28/h2,4-6,8,11,13-14H,1,3,7,9-10H2,(H2,22,27,28)(H,23,24,25)/t13-,14-/m0/s1. The summed E-state index contributed by atoms with van der Waals surface area (Å²) in [5.74, 6) is 0.872. The van der Waals surface area contributed by atoms with Crippen LogP contribution >= 0.6 is 23.2 Å². The van der Waals surface area contributed by atoms with Gasteiger partial charge < -0.3 is 9.88 Å². The number of benzene rings is 1. The van der Waals surface area contributed by atoms with Gasteiger partial charge in [-0.25, -0.2) is 15.1 Å². The Morgan fingerprint density at radius 1 is 1.20 bits per heavy atom. The lowest BCUT2D eigenvalue weighted by molar-refractivity contribution is 0.253. The lowest BCUT2D eigenvalue weighted by Gasteiger charge is -2.14. The van der Waals surface area contributed by atoms with Gasteiger partial charge in [0, 0.05) is 18.8 Å². The quantitative estimate of drug-likeness (QED) is 0.542. The average Bonchev–Trinajstić information content (AvgIpc) is 3.33. The van der Waals surface area contributed by atoms with E-state index in [4.69, 9.17) is 32.5 Å². The zero-order chi connectivity index (χ0) is 21.3. The van der Waals surface area contributed by atoms with E-state index in [0.717, 1.165) is 41.7 Å². The van der Waals surface area contributed by atoms with Crippen LogP contribution in [0.4, 0.5) is 5.82 Å². The van der Waals surface area contributed by atoms with Crippen molar-refractivity contribution in [2.24, 2.45) is 11.1 Å². The highest BCUT2D eigenvalue weighted by atomic mass is 35.5. The minimum atomic E-state index is -3.91. The number of rotatable bonds is 7. The van der Waals surface area contributed by atoms with Crippen LogP contribution in [0.3, 0.4) is 0 Å². The molecule has 2 atom stereocenters. The van der Waals surface area contributed by atoms with Gasteiger partial charge in [-0.15, -0.1) is 0 Å². The lowest BCUT2D eigenvalue weighted by Crippen LogP contribution is -2.19. The Hall–Kier alpha value is -1.91. The highest BCUT2D eigenvalue weighted by Crippen LogP contribution is 2.37. The molecule has 2 aromatic heterocycles. The third-order valence-corrected chi connectivity index (χ3v) is 6.53. The second kappa shape index (κ2) is 8.68. The average molecular weight is 470 g/mol. The van der Waals surface area contributed by atoms with E-state index in [9.17, 15) is 8.42 Å². The van der Waals surface area contributed by atoms with Crippen molar-refractivity contribution >= 4 is 50.4 Å². The van der Waals surface area contributed by atoms with E-state index < -0.39 is 10.3 Å². The summed E-state index contributed by atoms with van der Waals surface area (Å²) in [6.45, 7) is 0.657. The van der Waals surface area contributed by atoms with E-state index >= 15 is 0 Å². The van der Waals surface area contributed by atoms with Crippen LogP contribution in [0.15, 0.2) is 36.8 Å². The molecule has 3 N–H and O–H groups in total. The zero-order valence-electron chi connectivity index (χ0n) is 16.0. The summed E-state index contributed by atoms with van der Waals surface area (Å²) in [6.07, 6.45) is 6.12. The Bertz CT molecular complexity index is 1170. The Morgan fingerprint density at radius 3 is 2.80 bits per heavy atom. The molecule has 1 aliphatic rings. The molecule has 1 aromatic carbocycles. The third-order valence-electron chi connectivity index (χ3n) is 5.33. The van der Waals surface area contributed by atoms with Gasteiger partial charge in [0.2, 0.25) is 0 Å². The molecule has 160 valence electrons. The highest BCUT2D eigenvalue weighted by Gasteiger charge is 2.28. The summed E-state index contributed by atoms with van der Waals surface area (Å²) >= 11 is 12.1. The molecule has 2 heterocycles. The lowest BCUT2D eigenvalue weighted by atomic mass is 10.1. The Kier molecular flexibility index (Phi) is 6.17. The van der Waals surface area contributed by atoms with Crippen molar-refractivity contribution in [3.8, 4) is 0 Å². The molecule has 3 aromatic rings. The Labute approximate surface area is 184 Å². The van der Waals surface area contributed by atoms with E-state index in [1.165, 1.54) is 6.33 Å². The number of anilines is 1. The smallest absolute Gasteiger partial charge is 0.333 e. The van der Waals surface area contributed by atoms with Gasteiger partial charge >= 0.3 is 10.3 Å². The number of hydrogen-bond donors (Lipinski definition) is 2. The molecule has 30 heavy (non-hydrogen) atoms. The molecule has 0 spiro atoms. The number of nitrogens with zero attached hydrogens (tertiary/aromatic N) is 3. The fourth-order valence-corrected chi connectivity index (χ4v) is 4.59. The maximum absolute atomic E-state index is 11.0. The topological polar surface area (TPSA) is 112 Å². The van der Waals surface area contributed by atoms with Crippen LogP contribution in [0, 0.1) is 5.92 Å². The van der Waals surface area contributed by atoms with Gasteiger partial charge in [0.05, 0.1) is 22.0 Å². The number of fused-ring (bicyclic) bond motifs is 1. The first-order valence-electron chi connectivity index (χ1n) is 9.46. The summed E-state index contributed by atoms with van der Waals surface area (Å²) in [4.78, 5) is 8.84. The summed E-state index contributed by atoms with van der Waals surface area (Å²) in [5.41, 5.74) is 1.82. The fraction of sp³-hybridized carbons (Fsp3) is 0.368. The van der Waals surface area contributed by atoms with Crippen LogP contribution in [0.25, 0.3) is 11.0 Å². The molecule has 0 amide bonds. The van der Waals surface area contributed by atoms with Crippen molar-refractivity contribution in [1.82, 2.24) is 14.5 Å². The molecular formula is C19H21Cl2N5O3S. The van der Waals surface area contributed by atoms with Crippen molar-refractivity contribution in [3.63, 3.8) is 0 Å². The van der Waals surface area contributed by atoms with Crippen molar-refractivity contribution in [2.75, 3.05) is 11.9 Å². The first-order chi connectivity index (χ1) is 14.3. The molecule has 0 aliphatic heterocycles. The maximum Gasteiger partial charge on any atom is 0.333 e. The molecule has 1 saturated carbocycles. The minimum absolute atomic E-state index is 0.111. The molecule has 11 heteroatoms. The second-order valence-electron chi connectivity index (χ2n) is 7.39. The van der Waals surface area contributed by atoms with Crippen LogP contribution in [0.5, 0.6) is 0 Å². The van der Waals surface area contributed by atoms with Crippen molar-refractivity contribution < 1.29 is 12.6 Å². The molecule has 4 rings (SSSR count). The zero-order valence-corrected chi connectivity index (χ0v) is 18.3. The Balaban J connectivity index is 1.47. The first kappa shape index (κ1) is 21.3. The number of nitrogens with two attached hydrogens (primary N) is 1. The SMILES string of the molecule is NS(=O)(=O)OC[C@H]1CC[C@H](n2ccc3c(NCc4ccc(Cl)c(Cl)c4)ncnc32)C1. The summed E-state index contributed by atoms with van der Waals surface area (Å²) in [6, 6.07) is 7.70. The number of aromatic nitrogens is 3. The summed E-state index contributed by atoms with van der Waals surface area (Å²) in [7, 11) is -3.91. The van der Waals surface area contributed by atoms with Crippen molar-refractivity contribution in [3.05, 3.63) is 52.4 Å². The van der Waals surface area contributed by atoms with Crippen LogP contribution in [-0.2, 0) is 21.0 Å². The monoisotopic (exact) mass is 469 g/mol. The van der Waals surface area contributed by atoms with E-state index in [-0.39, 0.29) is 18.6 Å². The molecule has 8 nitrogen and oxygen atoms in total. The number of hydrogen-bond acceptors (Lipinski definition) is 6. The molecule has 0 bridgehead atoms.